The van der Waals surface area contributed by atoms with Crippen molar-refractivity contribution in [2.24, 2.45) is 16.8 Å². The van der Waals surface area contributed by atoms with E-state index in [9.17, 15) is 22.6 Å². The van der Waals surface area contributed by atoms with Crippen molar-refractivity contribution < 1.29 is 51.0 Å². The number of nitrogens with one attached hydrogen (secondary N) is 2. The van der Waals surface area contributed by atoms with Crippen molar-refractivity contribution in [1.82, 2.24) is 5.32 Å². The van der Waals surface area contributed by atoms with Crippen molar-refractivity contribution in [3.05, 3.63) is 142 Å². The highest BCUT2D eigenvalue weighted by atomic mass is 33.1. The Balaban J connectivity index is 1.52. The monoisotopic (exact) mass is 1210 g/mol. The van der Waals surface area contributed by atoms with Gasteiger partial charge >= 0.3 is 0 Å². The second kappa shape index (κ2) is 34.3. The van der Waals surface area contributed by atoms with Crippen molar-refractivity contribution in [3.8, 4) is 23.0 Å². The number of aryl methyl sites for hydroxylation is 2. The normalized spacial score (nSPS) is 12.9. The van der Waals surface area contributed by atoms with Crippen molar-refractivity contribution in [2.75, 3.05) is 89.8 Å². The summed E-state index contributed by atoms with van der Waals surface area (Å²) < 4.78 is 70.5. The first-order valence-electron chi connectivity index (χ1n) is 28.7. The van der Waals surface area contributed by atoms with Crippen molar-refractivity contribution in [2.45, 2.75) is 111 Å². The first-order valence-corrected chi connectivity index (χ1v) is 32.6. The number of methoxy groups -OCH3 is 3. The molecule has 84 heavy (non-hydrogen) atoms. The van der Waals surface area contributed by atoms with Crippen molar-refractivity contribution in [3.63, 3.8) is 0 Å². The number of aliphatic imine (C=N–C) groups is 1. The van der Waals surface area contributed by atoms with Crippen LogP contribution in [0.15, 0.2) is 103 Å². The number of carbonyl (C=O) groups is 2. The minimum Gasteiger partial charge on any atom is -0.493 e. The quantitative estimate of drug-likeness (QED) is 0.0111. The van der Waals surface area contributed by atoms with E-state index in [1.165, 1.54) is 33.0 Å². The highest BCUT2D eigenvalue weighted by Crippen LogP contribution is 2.41. The maximum atomic E-state index is 13.1. The van der Waals surface area contributed by atoms with Crippen LogP contribution in [0.1, 0.15) is 111 Å². The molecule has 0 fully saturated rings. The maximum absolute atomic E-state index is 13.1. The smallest absolute Gasteiger partial charge is 0.275 e. The topological polar surface area (TPSA) is 184 Å². The summed E-state index contributed by atoms with van der Waals surface area (Å²) in [5.41, 5.74) is 11.1. The Kier molecular flexibility index (Phi) is 28.2. The number of hydrogen-bond acceptors (Lipinski definition) is 16. The number of hydrogen-bond donors (Lipinski definition) is 3. The Morgan fingerprint density at radius 2 is 1.39 bits per heavy atom. The number of rotatable bonds is 39. The molecule has 5 rings (SSSR count). The summed E-state index contributed by atoms with van der Waals surface area (Å²) in [6.07, 6.45) is 3.70. The first-order chi connectivity index (χ1) is 40.1. The van der Waals surface area contributed by atoms with E-state index < -0.39 is 25.9 Å². The van der Waals surface area contributed by atoms with E-state index in [0.29, 0.717) is 98.2 Å². The second-order valence-electron chi connectivity index (χ2n) is 22.0. The summed E-state index contributed by atoms with van der Waals surface area (Å²) in [6.45, 7) is 26.9. The number of anilines is 2. The predicted molar refractivity (Wildman–Crippen MR) is 348 cm³/mol. The van der Waals surface area contributed by atoms with Crippen LogP contribution < -0.4 is 34.5 Å². The van der Waals surface area contributed by atoms with Gasteiger partial charge in [-0.15, -0.1) is 0 Å². The van der Waals surface area contributed by atoms with Gasteiger partial charge < -0.3 is 44.0 Å². The number of Topliss-reactive ketones (excluding diaryl/α,β-unsaturated/α-hetero) is 2. The fourth-order valence-electron chi connectivity index (χ4n) is 9.54. The maximum Gasteiger partial charge on any atom is 0.275 e. The fraction of sp³-hybridized carbons (Fsp3) is 0.470. The van der Waals surface area contributed by atoms with Gasteiger partial charge in [-0.2, -0.15) is 8.42 Å². The molecule has 5 aromatic carbocycles. The molecule has 0 aliphatic rings. The molecule has 3 atom stereocenters. The van der Waals surface area contributed by atoms with Gasteiger partial charge in [0.05, 0.1) is 39.7 Å². The molecule has 0 radical (unpaired) electrons. The van der Waals surface area contributed by atoms with Crippen molar-refractivity contribution in [1.29, 1.82) is 0 Å². The van der Waals surface area contributed by atoms with Gasteiger partial charge in [-0.3, -0.25) is 19.1 Å². The van der Waals surface area contributed by atoms with Gasteiger partial charge in [0, 0.05) is 97.6 Å². The molecular weight excluding hydrogens is 1120 g/mol. The second-order valence-corrected chi connectivity index (χ2v) is 26.8. The fourth-order valence-corrected chi connectivity index (χ4v) is 13.2. The lowest BCUT2D eigenvalue weighted by Gasteiger charge is -2.34. The lowest BCUT2D eigenvalue weighted by Crippen LogP contribution is -2.39. The van der Waals surface area contributed by atoms with Gasteiger partial charge in [0.15, 0.2) is 34.6 Å². The summed E-state index contributed by atoms with van der Waals surface area (Å²) in [7, 11) is 3.34. The van der Waals surface area contributed by atoms with Gasteiger partial charge in [-0.05, 0) is 142 Å². The number of nitrogens with zero attached hydrogens (tertiary/aromatic N) is 2. The molecule has 0 bridgehead atoms. The molecule has 15 nitrogen and oxygen atoms in total. The van der Waals surface area contributed by atoms with Gasteiger partial charge in [0.2, 0.25) is 0 Å². The lowest BCUT2D eigenvalue weighted by atomic mass is 9.97. The summed E-state index contributed by atoms with van der Waals surface area (Å²) in [5.74, 6) is 2.02. The van der Waals surface area contributed by atoms with E-state index in [1.807, 2.05) is 43.5 Å². The van der Waals surface area contributed by atoms with E-state index in [2.05, 4.69) is 118 Å². The van der Waals surface area contributed by atoms with Crippen LogP contribution in [0.3, 0.4) is 0 Å². The van der Waals surface area contributed by atoms with E-state index >= 15 is 0 Å². The van der Waals surface area contributed by atoms with Gasteiger partial charge in [0.1, 0.15) is 18.5 Å². The largest absolute Gasteiger partial charge is 0.493 e. The van der Waals surface area contributed by atoms with Gasteiger partial charge in [-0.1, -0.05) is 97.5 Å². The van der Waals surface area contributed by atoms with Crippen LogP contribution in [-0.4, -0.2) is 120 Å². The van der Waals surface area contributed by atoms with Gasteiger partial charge in [-0.25, -0.2) is 0 Å². The van der Waals surface area contributed by atoms with Crippen LogP contribution in [0.25, 0.3) is 5.57 Å². The zero-order valence-corrected chi connectivity index (χ0v) is 53.9. The molecule has 0 amide bonds. The molecule has 0 spiro atoms. The summed E-state index contributed by atoms with van der Waals surface area (Å²) >= 11 is 0. The predicted octanol–water partition coefficient (Wildman–Crippen LogP) is 13.4. The van der Waals surface area contributed by atoms with E-state index in [-0.39, 0.29) is 43.7 Å². The summed E-state index contributed by atoms with van der Waals surface area (Å²) in [6, 6.07) is 30.4. The number of carbonyl (C=O) groups excluding carboxylic acids is 2. The first kappa shape index (κ1) is 68.9. The highest BCUT2D eigenvalue weighted by molar-refractivity contribution is 8.77. The van der Waals surface area contributed by atoms with Crippen LogP contribution in [0.4, 0.5) is 17.1 Å². The third kappa shape index (κ3) is 22.2. The van der Waals surface area contributed by atoms with E-state index in [0.717, 1.165) is 40.8 Å². The van der Waals surface area contributed by atoms with Crippen molar-refractivity contribution >= 4 is 72.1 Å². The number of ketones is 2. The Hall–Kier alpha value is -5.86. The molecule has 0 heterocycles. The van der Waals surface area contributed by atoms with E-state index in [1.54, 1.807) is 52.0 Å². The number of benzene rings is 5. The zero-order chi connectivity index (χ0) is 61.4. The molecule has 2 unspecified atom stereocenters. The number of ether oxygens (including phenoxy) is 6. The average Bonchev–Trinajstić information content (AvgIpc) is 2.88. The minimum absolute atomic E-state index is 0.00476. The van der Waals surface area contributed by atoms with Crippen LogP contribution in [0.2, 0.25) is 0 Å². The van der Waals surface area contributed by atoms with Crippen LogP contribution >= 0.6 is 21.6 Å². The highest BCUT2D eigenvalue weighted by Gasteiger charge is 2.30. The Labute approximate surface area is 508 Å². The lowest BCUT2D eigenvalue weighted by molar-refractivity contribution is -0.118. The summed E-state index contributed by atoms with van der Waals surface area (Å²) in [5, 5.41) is 5.43. The molecule has 458 valence electrons. The molecule has 3 N–H and O–H groups in total. The standard InChI is InChI=1S/C66H90N4O11S3/c1-14-60(72)65(84(73,74)75)23-30-82-83-66(9,10)44-70(26-29-79-28-25-67-24-27-76-11)55-34-51(42-80-63-38-58(56(45(2)3)36-61(63)77-12)68-40-46(4)31-53-21-17-15-19-48(53)6)33-52(35-55)43-81-64-39-59(57(50(8)71)37-62(64)78-13)69-41-47(5)32-54-22-18-16-20-49(54)7/h15-22,33-40,46-47,65,67,69H,2,14,23-32,41-44H2,1,3-13H3,(H,73,74,75)/b68-40-/t46?,47-,65?/m0/s1. The Morgan fingerprint density at radius 1 is 0.798 bits per heavy atom. The molecule has 0 aromatic heterocycles. The third-order valence-corrected chi connectivity index (χ3v) is 18.7. The molecular formula is C66H90N4O11S3. The molecule has 0 aliphatic heterocycles. The molecule has 0 saturated heterocycles. The molecule has 18 heteroatoms. The Morgan fingerprint density at radius 3 is 1.96 bits per heavy atom. The molecule has 0 saturated carbocycles. The third-order valence-electron chi connectivity index (χ3n) is 14.2. The molecule has 0 aliphatic carbocycles. The Bertz CT molecular complexity index is 3100. The average molecular weight is 1210 g/mol. The minimum atomic E-state index is -4.55. The van der Waals surface area contributed by atoms with Crippen LogP contribution in [0, 0.1) is 25.7 Å². The SMILES string of the molecule is C=C(C)c1cc(OC)c(OCc2cc(COc3cc(NC[C@@H](C)Cc4ccccc4C)c(C(C)=O)cc3OC)cc(N(CCOCCNCCOC)CC(C)(C)SSCCC(C(=O)CC)S(=O)(=O)O)c2)cc1/N=C\C(C)Cc1ccccc1C. The zero-order valence-electron chi connectivity index (χ0n) is 51.4. The van der Waals surface area contributed by atoms with Gasteiger partial charge in [0.25, 0.3) is 10.1 Å². The number of allylic oxidation sites excluding steroid dienone is 1. The molecule has 5 aromatic rings. The van der Waals surface area contributed by atoms with Crippen LogP contribution in [-0.2, 0) is 50.4 Å². The van der Waals surface area contributed by atoms with E-state index in [4.69, 9.17) is 33.4 Å². The summed E-state index contributed by atoms with van der Waals surface area (Å²) in [4.78, 5) is 33.0. The van der Waals surface area contributed by atoms with Crippen LogP contribution in [0.5, 0.6) is 23.0 Å².